The Bertz CT molecular complexity index is 1420. The van der Waals surface area contributed by atoms with E-state index in [1.54, 1.807) is 19.1 Å². The second kappa shape index (κ2) is 7.94. The van der Waals surface area contributed by atoms with E-state index in [0.29, 0.717) is 11.7 Å². The zero-order valence-corrected chi connectivity index (χ0v) is 17.6. The topological polar surface area (TPSA) is 75.6 Å². The second-order valence-corrected chi connectivity index (χ2v) is 7.59. The number of benzene rings is 2. The summed E-state index contributed by atoms with van der Waals surface area (Å²) in [4.78, 5) is 9.06. The van der Waals surface area contributed by atoms with Crippen molar-refractivity contribution in [1.82, 2.24) is 14.4 Å². The number of pyridine rings is 1. The van der Waals surface area contributed by atoms with Gasteiger partial charge in [-0.25, -0.2) is 14.4 Å². The van der Waals surface area contributed by atoms with E-state index in [-0.39, 0.29) is 12.4 Å². The van der Waals surface area contributed by atoms with E-state index in [9.17, 15) is 9.50 Å². The smallest absolute Gasteiger partial charge is 0.192 e. The van der Waals surface area contributed by atoms with Crippen molar-refractivity contribution in [3.63, 3.8) is 0 Å². The van der Waals surface area contributed by atoms with Crippen molar-refractivity contribution in [2.45, 2.75) is 20.5 Å². The number of halogens is 1. The molecule has 3 heterocycles. The number of aryl methyl sites for hydroxylation is 2. The minimum absolute atomic E-state index is 0.133. The Hall–Kier alpha value is -3.97. The van der Waals surface area contributed by atoms with Crippen molar-refractivity contribution in [3.05, 3.63) is 90.0 Å². The van der Waals surface area contributed by atoms with E-state index in [1.165, 1.54) is 12.1 Å². The van der Waals surface area contributed by atoms with E-state index in [2.05, 4.69) is 10.3 Å². The number of hydrogen-bond donors (Lipinski definition) is 2. The summed E-state index contributed by atoms with van der Waals surface area (Å²) in [7, 11) is 0. The Morgan fingerprint density at radius 1 is 1.06 bits per heavy atom. The van der Waals surface area contributed by atoms with E-state index < -0.39 is 0 Å². The molecular formula is C25H21FN4O2. The molecule has 0 aliphatic carbocycles. The number of fused-ring (bicyclic) bond motifs is 1. The Balaban J connectivity index is 1.50. The van der Waals surface area contributed by atoms with Crippen molar-refractivity contribution >= 4 is 17.0 Å². The number of nitrogens with zero attached hydrogens (tertiary/aromatic N) is 3. The van der Waals surface area contributed by atoms with Crippen LogP contribution in [-0.2, 0) is 6.61 Å². The summed E-state index contributed by atoms with van der Waals surface area (Å²) < 4.78 is 20.9. The number of anilines is 2. The number of aliphatic hydroxyl groups is 1. The normalized spacial score (nSPS) is 11.2. The van der Waals surface area contributed by atoms with Crippen LogP contribution < -0.4 is 5.32 Å². The predicted octanol–water partition coefficient (Wildman–Crippen LogP) is 5.65. The average Bonchev–Trinajstić information content (AvgIpc) is 3.37. The van der Waals surface area contributed by atoms with Crippen molar-refractivity contribution in [2.75, 3.05) is 5.32 Å². The molecule has 0 spiro atoms. The van der Waals surface area contributed by atoms with Crippen LogP contribution in [0.2, 0.25) is 0 Å². The Morgan fingerprint density at radius 3 is 2.59 bits per heavy atom. The van der Waals surface area contributed by atoms with Crippen LogP contribution in [0.15, 0.2) is 71.4 Å². The molecule has 0 bridgehead atoms. The van der Waals surface area contributed by atoms with Gasteiger partial charge in [-0.2, -0.15) is 0 Å². The molecule has 0 amide bonds. The molecule has 0 aliphatic rings. The molecule has 0 saturated heterocycles. The Morgan fingerprint density at radius 2 is 1.88 bits per heavy atom. The van der Waals surface area contributed by atoms with Gasteiger partial charge in [0.25, 0.3) is 0 Å². The molecule has 0 fully saturated rings. The molecule has 2 aromatic carbocycles. The summed E-state index contributed by atoms with van der Waals surface area (Å²) in [5.41, 5.74) is 6.28. The van der Waals surface area contributed by atoms with Crippen LogP contribution in [0.3, 0.4) is 0 Å². The standard InChI is InChI=1S/C25H21FN4O2/c1-15-24(32-16(2)27-15)21-10-9-20(12-18(21)14-31)28-22-4-3-11-30-13-23(29-25(22)30)17-5-7-19(26)8-6-17/h3-13,28,31H,14H2,1-2H3. The van der Waals surface area contributed by atoms with Crippen LogP contribution in [0.1, 0.15) is 17.1 Å². The van der Waals surface area contributed by atoms with Gasteiger partial charge in [0.2, 0.25) is 0 Å². The van der Waals surface area contributed by atoms with Crippen LogP contribution in [0.5, 0.6) is 0 Å². The monoisotopic (exact) mass is 428 g/mol. The SMILES string of the molecule is Cc1nc(C)c(-c2ccc(Nc3cccn4cc(-c5ccc(F)cc5)nc34)cc2CO)o1. The lowest BCUT2D eigenvalue weighted by Gasteiger charge is -2.11. The highest BCUT2D eigenvalue weighted by atomic mass is 19.1. The van der Waals surface area contributed by atoms with Gasteiger partial charge >= 0.3 is 0 Å². The number of rotatable bonds is 5. The van der Waals surface area contributed by atoms with Crippen molar-refractivity contribution < 1.29 is 13.9 Å². The molecule has 5 rings (SSSR count). The maximum Gasteiger partial charge on any atom is 0.192 e. The van der Waals surface area contributed by atoms with Gasteiger partial charge in [-0.3, -0.25) is 0 Å². The third kappa shape index (κ3) is 3.63. The van der Waals surface area contributed by atoms with Gasteiger partial charge < -0.3 is 19.2 Å². The van der Waals surface area contributed by atoms with Crippen LogP contribution in [-0.4, -0.2) is 19.5 Å². The van der Waals surface area contributed by atoms with Gasteiger partial charge in [-0.1, -0.05) is 0 Å². The first-order valence-electron chi connectivity index (χ1n) is 10.2. The summed E-state index contributed by atoms with van der Waals surface area (Å²) >= 11 is 0. The summed E-state index contributed by atoms with van der Waals surface area (Å²) in [6, 6.07) is 15.9. The summed E-state index contributed by atoms with van der Waals surface area (Å²) in [6.45, 7) is 3.56. The van der Waals surface area contributed by atoms with Gasteiger partial charge in [-0.05, 0) is 67.1 Å². The number of aromatic nitrogens is 3. The highest BCUT2D eigenvalue weighted by Crippen LogP contribution is 2.32. The van der Waals surface area contributed by atoms with Gasteiger partial charge in [0.1, 0.15) is 5.82 Å². The van der Waals surface area contributed by atoms with Crippen LogP contribution in [0.4, 0.5) is 15.8 Å². The minimum atomic E-state index is -0.279. The van der Waals surface area contributed by atoms with Crippen molar-refractivity contribution in [2.24, 2.45) is 0 Å². The summed E-state index contributed by atoms with van der Waals surface area (Å²) in [5, 5.41) is 13.3. The van der Waals surface area contributed by atoms with Gasteiger partial charge in [0, 0.05) is 36.1 Å². The lowest BCUT2D eigenvalue weighted by Crippen LogP contribution is -1.97. The maximum atomic E-state index is 13.3. The third-order valence-corrected chi connectivity index (χ3v) is 5.33. The average molecular weight is 428 g/mol. The molecule has 0 radical (unpaired) electrons. The fraction of sp³-hybridized carbons (Fsp3) is 0.120. The molecule has 0 atom stereocenters. The van der Waals surface area contributed by atoms with E-state index in [1.807, 2.05) is 54.0 Å². The third-order valence-electron chi connectivity index (χ3n) is 5.33. The zero-order valence-electron chi connectivity index (χ0n) is 17.6. The van der Waals surface area contributed by atoms with Gasteiger partial charge in [0.15, 0.2) is 17.3 Å². The number of oxazole rings is 1. The fourth-order valence-electron chi connectivity index (χ4n) is 3.83. The van der Waals surface area contributed by atoms with E-state index in [4.69, 9.17) is 9.40 Å². The molecule has 3 aromatic heterocycles. The van der Waals surface area contributed by atoms with Crippen LogP contribution in [0.25, 0.3) is 28.2 Å². The molecular weight excluding hydrogens is 407 g/mol. The second-order valence-electron chi connectivity index (χ2n) is 7.59. The first-order chi connectivity index (χ1) is 15.5. The number of aliphatic hydroxyl groups excluding tert-OH is 1. The summed E-state index contributed by atoms with van der Waals surface area (Å²) in [5.74, 6) is 0.975. The van der Waals surface area contributed by atoms with Crippen LogP contribution >= 0.6 is 0 Å². The van der Waals surface area contributed by atoms with Crippen molar-refractivity contribution in [3.8, 4) is 22.6 Å². The number of hydrogen-bond acceptors (Lipinski definition) is 5. The fourth-order valence-corrected chi connectivity index (χ4v) is 3.83. The van der Waals surface area contributed by atoms with Gasteiger partial charge in [-0.15, -0.1) is 0 Å². The minimum Gasteiger partial charge on any atom is -0.441 e. The molecule has 5 aromatic rings. The molecule has 0 unspecified atom stereocenters. The summed E-state index contributed by atoms with van der Waals surface area (Å²) in [6.07, 6.45) is 3.82. The largest absolute Gasteiger partial charge is 0.441 e. The Labute approximate surface area is 184 Å². The first kappa shape index (κ1) is 20.0. The first-order valence-corrected chi connectivity index (χ1v) is 10.2. The van der Waals surface area contributed by atoms with Gasteiger partial charge in [0.05, 0.1) is 23.7 Å². The molecule has 7 heteroatoms. The van der Waals surface area contributed by atoms with Crippen molar-refractivity contribution in [1.29, 1.82) is 0 Å². The molecule has 2 N–H and O–H groups in total. The highest BCUT2D eigenvalue weighted by Gasteiger charge is 2.15. The molecule has 0 saturated carbocycles. The lowest BCUT2D eigenvalue weighted by atomic mass is 10.0. The Kier molecular flexibility index (Phi) is 4.95. The highest BCUT2D eigenvalue weighted by molar-refractivity contribution is 5.78. The molecule has 32 heavy (non-hydrogen) atoms. The molecule has 0 aliphatic heterocycles. The zero-order chi connectivity index (χ0) is 22.2. The van der Waals surface area contributed by atoms with E-state index >= 15 is 0 Å². The maximum absolute atomic E-state index is 13.3. The quantitative estimate of drug-likeness (QED) is 0.378. The molecule has 160 valence electrons. The molecule has 6 nitrogen and oxygen atoms in total. The predicted molar refractivity (Wildman–Crippen MR) is 121 cm³/mol. The lowest BCUT2D eigenvalue weighted by molar-refractivity contribution is 0.282. The number of imidazole rings is 1. The number of nitrogens with one attached hydrogen (secondary N) is 1. The van der Waals surface area contributed by atoms with Crippen LogP contribution in [0, 0.1) is 19.7 Å². The van der Waals surface area contributed by atoms with E-state index in [0.717, 1.165) is 45.1 Å².